The molecule has 7 nitrogen and oxygen atoms in total. The zero-order valence-electron chi connectivity index (χ0n) is 18.1. The van der Waals surface area contributed by atoms with Gasteiger partial charge in [0, 0.05) is 23.6 Å². The van der Waals surface area contributed by atoms with E-state index in [1.807, 2.05) is 47.9 Å². The highest BCUT2D eigenvalue weighted by atomic mass is 32.2. The predicted molar refractivity (Wildman–Crippen MR) is 125 cm³/mol. The van der Waals surface area contributed by atoms with Crippen molar-refractivity contribution in [3.63, 3.8) is 0 Å². The number of methoxy groups -OCH3 is 1. The molecule has 0 aliphatic carbocycles. The number of benzene rings is 2. The summed E-state index contributed by atoms with van der Waals surface area (Å²) in [5.74, 6) is 1.06. The van der Waals surface area contributed by atoms with Crippen LogP contribution in [0.3, 0.4) is 0 Å². The molecule has 0 bridgehead atoms. The van der Waals surface area contributed by atoms with Crippen LogP contribution in [0.25, 0.3) is 17.1 Å². The second-order valence-electron chi connectivity index (χ2n) is 7.20. The molecule has 0 aliphatic rings. The van der Waals surface area contributed by atoms with Crippen LogP contribution in [0.4, 0.5) is 4.39 Å². The summed E-state index contributed by atoms with van der Waals surface area (Å²) >= 11 is 1.29. The highest BCUT2D eigenvalue weighted by molar-refractivity contribution is 7.99. The van der Waals surface area contributed by atoms with Gasteiger partial charge < -0.3 is 10.1 Å². The zero-order chi connectivity index (χ0) is 23.2. The number of thioether (sulfide) groups is 1. The largest absolute Gasteiger partial charge is 0.497 e. The summed E-state index contributed by atoms with van der Waals surface area (Å²) in [6.07, 6.45) is 3.39. The number of carbonyl (C=O) groups is 1. The minimum Gasteiger partial charge on any atom is -0.497 e. The molecule has 2 aromatic carbocycles. The number of carbonyl (C=O) groups excluding carboxylic acids is 1. The molecule has 0 radical (unpaired) electrons. The van der Waals surface area contributed by atoms with Crippen molar-refractivity contribution >= 4 is 17.7 Å². The fraction of sp³-hybridized carbons (Fsp3) is 0.167. The fourth-order valence-electron chi connectivity index (χ4n) is 3.26. The van der Waals surface area contributed by atoms with Crippen LogP contribution in [0.1, 0.15) is 18.5 Å². The molecule has 168 valence electrons. The SMILES string of the molecule is COc1ccc(-n2c(SCC(=O)NC(C)c3ccc(F)cc3)nnc2-c2ccncc2)cc1. The van der Waals surface area contributed by atoms with Gasteiger partial charge in [0.2, 0.25) is 5.91 Å². The maximum atomic E-state index is 13.1. The number of pyridine rings is 1. The van der Waals surface area contributed by atoms with Crippen LogP contribution in [-0.2, 0) is 4.79 Å². The first-order valence-electron chi connectivity index (χ1n) is 10.2. The average molecular weight is 464 g/mol. The molecule has 4 rings (SSSR count). The highest BCUT2D eigenvalue weighted by Gasteiger charge is 2.18. The summed E-state index contributed by atoms with van der Waals surface area (Å²) in [4.78, 5) is 16.7. The van der Waals surface area contributed by atoms with Gasteiger partial charge in [-0.15, -0.1) is 10.2 Å². The van der Waals surface area contributed by atoms with Crippen LogP contribution < -0.4 is 10.1 Å². The molecule has 1 amide bonds. The summed E-state index contributed by atoms with van der Waals surface area (Å²) in [6.45, 7) is 1.86. The predicted octanol–water partition coefficient (Wildman–Crippen LogP) is 4.45. The van der Waals surface area contributed by atoms with Crippen molar-refractivity contribution in [1.29, 1.82) is 0 Å². The van der Waals surface area contributed by atoms with Crippen LogP contribution >= 0.6 is 11.8 Å². The Hall–Kier alpha value is -3.72. The Bertz CT molecular complexity index is 1210. The van der Waals surface area contributed by atoms with Crippen molar-refractivity contribution in [2.24, 2.45) is 0 Å². The van der Waals surface area contributed by atoms with E-state index < -0.39 is 0 Å². The Labute approximate surface area is 195 Å². The fourth-order valence-corrected chi connectivity index (χ4v) is 4.03. The van der Waals surface area contributed by atoms with E-state index in [-0.39, 0.29) is 23.5 Å². The van der Waals surface area contributed by atoms with Crippen LogP contribution in [0.5, 0.6) is 5.75 Å². The van der Waals surface area contributed by atoms with Gasteiger partial charge in [-0.25, -0.2) is 4.39 Å². The minimum absolute atomic E-state index is 0.149. The summed E-state index contributed by atoms with van der Waals surface area (Å²) in [7, 11) is 1.61. The number of nitrogens with one attached hydrogen (secondary N) is 1. The van der Waals surface area contributed by atoms with Crippen molar-refractivity contribution in [3.8, 4) is 22.8 Å². The second kappa shape index (κ2) is 10.3. The molecule has 0 saturated carbocycles. The van der Waals surface area contributed by atoms with Gasteiger partial charge in [0.05, 0.1) is 18.9 Å². The first-order valence-corrected chi connectivity index (χ1v) is 11.2. The lowest BCUT2D eigenvalue weighted by molar-refractivity contribution is -0.119. The van der Waals surface area contributed by atoms with E-state index in [9.17, 15) is 9.18 Å². The van der Waals surface area contributed by atoms with Crippen LogP contribution in [0.2, 0.25) is 0 Å². The third-order valence-corrected chi connectivity index (χ3v) is 5.91. The second-order valence-corrected chi connectivity index (χ2v) is 8.15. The molecule has 0 spiro atoms. The molecule has 1 unspecified atom stereocenters. The average Bonchev–Trinajstić information content (AvgIpc) is 3.27. The van der Waals surface area contributed by atoms with Gasteiger partial charge in [0.25, 0.3) is 0 Å². The van der Waals surface area contributed by atoms with E-state index in [0.717, 1.165) is 22.6 Å². The molecule has 1 N–H and O–H groups in total. The number of ether oxygens (including phenoxy) is 1. The van der Waals surface area contributed by atoms with E-state index >= 15 is 0 Å². The third kappa shape index (κ3) is 5.38. The van der Waals surface area contributed by atoms with Crippen molar-refractivity contribution in [2.45, 2.75) is 18.1 Å². The number of rotatable bonds is 8. The number of amides is 1. The molecule has 4 aromatic rings. The lowest BCUT2D eigenvalue weighted by Gasteiger charge is -2.14. The van der Waals surface area contributed by atoms with E-state index in [2.05, 4.69) is 20.5 Å². The number of nitrogens with zero attached hydrogens (tertiary/aromatic N) is 4. The molecule has 1 atom stereocenters. The molecule has 0 saturated heterocycles. The maximum Gasteiger partial charge on any atom is 0.230 e. The van der Waals surface area contributed by atoms with Crippen LogP contribution in [0.15, 0.2) is 78.2 Å². The lowest BCUT2D eigenvalue weighted by Crippen LogP contribution is -2.28. The third-order valence-electron chi connectivity index (χ3n) is 4.98. The van der Waals surface area contributed by atoms with E-state index in [1.54, 1.807) is 31.6 Å². The van der Waals surface area contributed by atoms with Gasteiger partial charge in [-0.3, -0.25) is 14.3 Å². The summed E-state index contributed by atoms with van der Waals surface area (Å²) in [6, 6.07) is 17.1. The van der Waals surface area contributed by atoms with E-state index in [1.165, 1.54) is 23.9 Å². The Morgan fingerprint density at radius 1 is 1.06 bits per heavy atom. The number of hydrogen-bond acceptors (Lipinski definition) is 6. The number of hydrogen-bond donors (Lipinski definition) is 1. The molecule has 2 aromatic heterocycles. The number of halogens is 1. The summed E-state index contributed by atoms with van der Waals surface area (Å²) < 4.78 is 20.3. The van der Waals surface area contributed by atoms with Crippen molar-refractivity contribution in [3.05, 3.63) is 84.4 Å². The molecular weight excluding hydrogens is 441 g/mol. The minimum atomic E-state index is -0.310. The first kappa shape index (κ1) is 22.5. The molecule has 0 aliphatic heterocycles. The Morgan fingerprint density at radius 2 is 1.76 bits per heavy atom. The van der Waals surface area contributed by atoms with Crippen molar-refractivity contribution in [2.75, 3.05) is 12.9 Å². The van der Waals surface area contributed by atoms with E-state index in [0.29, 0.717) is 11.0 Å². The molecule has 2 heterocycles. The molecular formula is C24H22FN5O2S. The van der Waals surface area contributed by atoms with Gasteiger partial charge in [-0.05, 0) is 61.0 Å². The summed E-state index contributed by atoms with van der Waals surface area (Å²) in [5.41, 5.74) is 2.53. The molecule has 9 heteroatoms. The first-order chi connectivity index (χ1) is 16.0. The quantitative estimate of drug-likeness (QED) is 0.389. The zero-order valence-corrected chi connectivity index (χ0v) is 18.9. The Kier molecular flexibility index (Phi) is 6.99. The standard InChI is InChI=1S/C24H22FN5O2S/c1-16(17-3-5-19(25)6-4-17)27-22(31)15-33-24-29-28-23(18-11-13-26-14-12-18)30(24)20-7-9-21(32-2)10-8-20/h3-14,16H,15H2,1-2H3,(H,27,31). The topological polar surface area (TPSA) is 81.9 Å². The normalized spacial score (nSPS) is 11.7. The van der Waals surface area contributed by atoms with Crippen molar-refractivity contribution in [1.82, 2.24) is 25.1 Å². The van der Waals surface area contributed by atoms with Crippen LogP contribution in [0, 0.1) is 5.82 Å². The molecule has 0 fully saturated rings. The van der Waals surface area contributed by atoms with Gasteiger partial charge in [0.15, 0.2) is 11.0 Å². The monoisotopic (exact) mass is 463 g/mol. The van der Waals surface area contributed by atoms with Crippen LogP contribution in [-0.4, -0.2) is 38.5 Å². The maximum absolute atomic E-state index is 13.1. The summed E-state index contributed by atoms with van der Waals surface area (Å²) in [5, 5.41) is 12.2. The smallest absolute Gasteiger partial charge is 0.230 e. The Morgan fingerprint density at radius 3 is 2.42 bits per heavy atom. The Balaban J connectivity index is 1.54. The van der Waals surface area contributed by atoms with Gasteiger partial charge in [0.1, 0.15) is 11.6 Å². The van der Waals surface area contributed by atoms with Gasteiger partial charge in [-0.1, -0.05) is 23.9 Å². The molecule has 33 heavy (non-hydrogen) atoms. The number of aromatic nitrogens is 4. The highest BCUT2D eigenvalue weighted by Crippen LogP contribution is 2.28. The van der Waals surface area contributed by atoms with Gasteiger partial charge in [-0.2, -0.15) is 0 Å². The lowest BCUT2D eigenvalue weighted by atomic mass is 10.1. The van der Waals surface area contributed by atoms with Gasteiger partial charge >= 0.3 is 0 Å². The van der Waals surface area contributed by atoms with Crippen molar-refractivity contribution < 1.29 is 13.9 Å². The van der Waals surface area contributed by atoms with E-state index in [4.69, 9.17) is 4.74 Å².